The second kappa shape index (κ2) is 13.2. The first-order valence-corrected chi connectivity index (χ1v) is 16.3. The average Bonchev–Trinajstić information content (AvgIpc) is 3.21. The van der Waals surface area contributed by atoms with Crippen molar-refractivity contribution in [1.29, 1.82) is 5.26 Å². The smallest absolute Gasteiger partial charge is 0.187 e. The number of hydrogen-bond acceptors (Lipinski definition) is 3. The van der Waals surface area contributed by atoms with E-state index in [4.69, 9.17) is 16.5 Å². The summed E-state index contributed by atoms with van der Waals surface area (Å²) in [7, 11) is 0. The molecule has 0 aliphatic heterocycles. The third-order valence-corrected chi connectivity index (χ3v) is 8.93. The van der Waals surface area contributed by atoms with Gasteiger partial charge in [0.25, 0.3) is 0 Å². The average molecular weight is 637 g/mol. The van der Waals surface area contributed by atoms with Gasteiger partial charge in [0.1, 0.15) is 0 Å². The molecule has 0 bridgehead atoms. The van der Waals surface area contributed by atoms with Crippen LogP contribution in [0.5, 0.6) is 0 Å². The van der Waals surface area contributed by atoms with Crippen LogP contribution >= 0.6 is 0 Å². The van der Waals surface area contributed by atoms with Crippen molar-refractivity contribution in [2.75, 3.05) is 0 Å². The number of nitriles is 1. The fraction of sp³-hybridized carbons (Fsp3) is 0. The Morgan fingerprint density at radius 2 is 1.00 bits per heavy atom. The van der Waals surface area contributed by atoms with Crippen molar-refractivity contribution in [3.63, 3.8) is 0 Å². The minimum absolute atomic E-state index is 0.514. The van der Waals surface area contributed by atoms with E-state index in [0.29, 0.717) is 17.1 Å². The van der Waals surface area contributed by atoms with E-state index in [9.17, 15) is 5.26 Å². The predicted molar refractivity (Wildman–Crippen MR) is 203 cm³/mol. The van der Waals surface area contributed by atoms with Crippen LogP contribution in [0.4, 0.5) is 5.69 Å². The van der Waals surface area contributed by atoms with Crippen LogP contribution < -0.4 is 0 Å². The molecule has 0 fully saturated rings. The maximum atomic E-state index is 9.67. The van der Waals surface area contributed by atoms with Crippen molar-refractivity contribution >= 4 is 16.6 Å². The molecule has 7 aromatic carbocycles. The number of hydrogen-bond donors (Lipinski definition) is 0. The Morgan fingerprint density at radius 1 is 0.460 bits per heavy atom. The van der Waals surface area contributed by atoms with E-state index >= 15 is 0 Å². The maximum Gasteiger partial charge on any atom is 0.187 e. The Kier molecular flexibility index (Phi) is 7.95. The van der Waals surface area contributed by atoms with Gasteiger partial charge in [0, 0.05) is 16.5 Å². The van der Waals surface area contributed by atoms with Gasteiger partial charge in [-0.1, -0.05) is 140 Å². The van der Waals surface area contributed by atoms with Crippen LogP contribution in [0.3, 0.4) is 0 Å². The third-order valence-electron chi connectivity index (χ3n) is 8.93. The Bertz CT molecular complexity index is 2580. The quantitative estimate of drug-likeness (QED) is 0.171. The second-order valence-electron chi connectivity index (χ2n) is 12.1. The molecule has 1 aromatic heterocycles. The van der Waals surface area contributed by atoms with E-state index < -0.39 is 0 Å². The standard InChI is InChI=1S/C46H28N4/c1-48-41-17-9-15-38(27-41)44-43-29-40(36-20-18-34(19-21-36)32-11-4-2-5-12-32)28-42(37-24-22-35(23-25-37)33-13-6-3-7-14-33)45(43)50-46(49-44)39-16-8-10-31(26-39)30-47/h2-29H. The van der Waals surface area contributed by atoms with E-state index in [0.717, 1.165) is 66.7 Å². The zero-order chi connectivity index (χ0) is 33.9. The Morgan fingerprint density at radius 3 is 1.62 bits per heavy atom. The highest BCUT2D eigenvalue weighted by Gasteiger charge is 2.18. The molecule has 1 heterocycles. The van der Waals surface area contributed by atoms with Gasteiger partial charge in [0.2, 0.25) is 0 Å². The van der Waals surface area contributed by atoms with Crippen LogP contribution in [0.1, 0.15) is 5.56 Å². The number of rotatable bonds is 6. The van der Waals surface area contributed by atoms with Crippen LogP contribution in [-0.4, -0.2) is 9.97 Å². The van der Waals surface area contributed by atoms with Crippen molar-refractivity contribution in [3.8, 4) is 73.2 Å². The fourth-order valence-electron chi connectivity index (χ4n) is 6.38. The van der Waals surface area contributed by atoms with E-state index in [2.05, 4.69) is 108 Å². The molecular formula is C46H28N4. The molecule has 0 saturated carbocycles. The van der Waals surface area contributed by atoms with Gasteiger partial charge in [-0.2, -0.15) is 5.26 Å². The summed E-state index contributed by atoms with van der Waals surface area (Å²) in [4.78, 5) is 14.1. The molecule has 8 aromatic rings. The predicted octanol–water partition coefficient (Wildman–Crippen LogP) is 12.1. The SMILES string of the molecule is [C-]#[N+]c1cccc(-c2nc(-c3cccc(C#N)c3)nc3c(-c4ccc(-c5ccccc5)cc4)cc(-c4ccc(-c5ccccc5)cc4)cc23)c1. The summed E-state index contributed by atoms with van der Waals surface area (Å²) in [5.41, 5.74) is 12.8. The Labute approximate surface area is 291 Å². The highest BCUT2D eigenvalue weighted by molar-refractivity contribution is 6.04. The highest BCUT2D eigenvalue weighted by atomic mass is 14.9. The molecule has 0 saturated heterocycles. The van der Waals surface area contributed by atoms with Crippen LogP contribution in [0, 0.1) is 17.9 Å². The van der Waals surface area contributed by atoms with Gasteiger partial charge in [-0.15, -0.1) is 0 Å². The molecule has 4 nitrogen and oxygen atoms in total. The van der Waals surface area contributed by atoms with Gasteiger partial charge >= 0.3 is 0 Å². The first-order chi connectivity index (χ1) is 24.7. The highest BCUT2D eigenvalue weighted by Crippen LogP contribution is 2.40. The third kappa shape index (κ3) is 5.90. The van der Waals surface area contributed by atoms with Crippen LogP contribution in [0.2, 0.25) is 0 Å². The molecular weight excluding hydrogens is 609 g/mol. The van der Waals surface area contributed by atoms with Crippen LogP contribution in [-0.2, 0) is 0 Å². The summed E-state index contributed by atoms with van der Waals surface area (Å²) < 4.78 is 0. The first kappa shape index (κ1) is 30.2. The van der Waals surface area contributed by atoms with Crippen LogP contribution in [0.25, 0.3) is 82.9 Å². The maximum absolute atomic E-state index is 9.67. The molecule has 0 unspecified atom stereocenters. The summed E-state index contributed by atoms with van der Waals surface area (Å²) >= 11 is 0. The molecule has 0 aliphatic carbocycles. The number of fused-ring (bicyclic) bond motifs is 1. The summed E-state index contributed by atoms with van der Waals surface area (Å²) in [5, 5.41) is 10.5. The largest absolute Gasteiger partial charge is 0.238 e. The Hall–Kier alpha value is -7.14. The van der Waals surface area contributed by atoms with E-state index in [-0.39, 0.29) is 0 Å². The van der Waals surface area contributed by atoms with Gasteiger partial charge in [-0.25, -0.2) is 14.8 Å². The molecule has 0 spiro atoms. The van der Waals surface area contributed by atoms with E-state index in [1.54, 1.807) is 12.1 Å². The van der Waals surface area contributed by atoms with Gasteiger partial charge in [0.15, 0.2) is 11.5 Å². The summed E-state index contributed by atoms with van der Waals surface area (Å²) in [6.07, 6.45) is 0. The number of aromatic nitrogens is 2. The van der Waals surface area contributed by atoms with Crippen molar-refractivity contribution in [1.82, 2.24) is 9.97 Å². The molecule has 232 valence electrons. The molecule has 4 heteroatoms. The van der Waals surface area contributed by atoms with Crippen molar-refractivity contribution in [2.45, 2.75) is 0 Å². The van der Waals surface area contributed by atoms with Gasteiger partial charge < -0.3 is 0 Å². The topological polar surface area (TPSA) is 53.9 Å². The zero-order valence-electron chi connectivity index (χ0n) is 27.0. The molecule has 0 N–H and O–H groups in total. The van der Waals surface area contributed by atoms with Crippen molar-refractivity contribution in [2.24, 2.45) is 0 Å². The van der Waals surface area contributed by atoms with Crippen molar-refractivity contribution < 1.29 is 0 Å². The summed E-state index contributed by atoms with van der Waals surface area (Å²) in [5.74, 6) is 0.514. The van der Waals surface area contributed by atoms with E-state index in [1.807, 2.05) is 60.7 Å². The van der Waals surface area contributed by atoms with Gasteiger partial charge in [-0.3, -0.25) is 0 Å². The lowest BCUT2D eigenvalue weighted by atomic mass is 9.92. The summed E-state index contributed by atoms with van der Waals surface area (Å²) in [6.45, 7) is 7.70. The molecule has 0 aliphatic rings. The van der Waals surface area contributed by atoms with Gasteiger partial charge in [-0.05, 0) is 74.8 Å². The molecule has 50 heavy (non-hydrogen) atoms. The normalized spacial score (nSPS) is 10.8. The second-order valence-corrected chi connectivity index (χ2v) is 12.1. The zero-order valence-corrected chi connectivity index (χ0v) is 27.0. The minimum Gasteiger partial charge on any atom is -0.238 e. The molecule has 8 rings (SSSR count). The number of benzene rings is 7. The monoisotopic (exact) mass is 636 g/mol. The minimum atomic E-state index is 0.514. The summed E-state index contributed by atoms with van der Waals surface area (Å²) in [6, 6.07) is 59.5. The molecule has 0 atom stereocenters. The van der Waals surface area contributed by atoms with E-state index in [1.165, 1.54) is 5.56 Å². The van der Waals surface area contributed by atoms with Gasteiger partial charge in [0.05, 0.1) is 29.4 Å². The van der Waals surface area contributed by atoms with Crippen LogP contribution in [0.15, 0.2) is 170 Å². The Balaban J connectivity index is 1.39. The first-order valence-electron chi connectivity index (χ1n) is 16.3. The molecule has 0 radical (unpaired) electrons. The fourth-order valence-corrected chi connectivity index (χ4v) is 6.38. The lowest BCUT2D eigenvalue weighted by Gasteiger charge is -2.16. The molecule has 0 amide bonds. The number of nitrogens with zero attached hydrogens (tertiary/aromatic N) is 4. The van der Waals surface area contributed by atoms with Crippen molar-refractivity contribution in [3.05, 3.63) is 187 Å². The lowest BCUT2D eigenvalue weighted by Crippen LogP contribution is -1.98. The lowest BCUT2D eigenvalue weighted by molar-refractivity contribution is 1.23.